The zero-order chi connectivity index (χ0) is 17.8. The van der Waals surface area contributed by atoms with Gasteiger partial charge in [0, 0.05) is 18.8 Å². The Labute approximate surface area is 146 Å². The summed E-state index contributed by atoms with van der Waals surface area (Å²) in [4.78, 5) is 23.1. The van der Waals surface area contributed by atoms with Crippen molar-refractivity contribution in [2.24, 2.45) is 5.92 Å². The van der Waals surface area contributed by atoms with Crippen LogP contribution in [0.3, 0.4) is 0 Å². The molecule has 1 amide bonds. The van der Waals surface area contributed by atoms with Gasteiger partial charge in [0.1, 0.15) is 17.6 Å². The summed E-state index contributed by atoms with van der Waals surface area (Å²) in [6.07, 6.45) is 3.34. The largest absolute Gasteiger partial charge is 0.444 e. The topological polar surface area (TPSA) is 95.1 Å². The van der Waals surface area contributed by atoms with E-state index in [9.17, 15) is 10.1 Å². The minimum atomic E-state index is -0.140. The van der Waals surface area contributed by atoms with Crippen LogP contribution in [0, 0.1) is 31.1 Å². The summed E-state index contributed by atoms with van der Waals surface area (Å²) < 4.78 is 5.37. The standard InChI is InChI=1S/C18H21N5O2/c1-12-5-6-14(8-19)17(22-12)23-7-3-4-15(11-23)18(24)21-10-16-20-9-13(2)25-16/h5-6,9,15H,3-4,7,10-11H2,1-2H3,(H,21,24)/t15-/m0/s1. The highest BCUT2D eigenvalue weighted by Crippen LogP contribution is 2.25. The molecule has 25 heavy (non-hydrogen) atoms. The van der Waals surface area contributed by atoms with Crippen molar-refractivity contribution in [2.75, 3.05) is 18.0 Å². The van der Waals surface area contributed by atoms with E-state index in [-0.39, 0.29) is 18.4 Å². The molecule has 0 radical (unpaired) electrons. The number of piperidine rings is 1. The molecule has 1 atom stereocenters. The Balaban J connectivity index is 1.65. The summed E-state index contributed by atoms with van der Waals surface area (Å²) >= 11 is 0. The number of pyridine rings is 1. The molecule has 0 spiro atoms. The molecule has 3 rings (SSSR count). The average molecular weight is 339 g/mol. The Morgan fingerprint density at radius 3 is 3.04 bits per heavy atom. The number of hydrogen-bond donors (Lipinski definition) is 1. The van der Waals surface area contributed by atoms with Gasteiger partial charge in [0.15, 0.2) is 0 Å². The molecule has 7 nitrogen and oxygen atoms in total. The van der Waals surface area contributed by atoms with Crippen LogP contribution < -0.4 is 10.2 Å². The summed E-state index contributed by atoms with van der Waals surface area (Å²) in [5.41, 5.74) is 1.40. The maximum atomic E-state index is 12.5. The SMILES string of the molecule is Cc1ccc(C#N)c(N2CCC[C@H](C(=O)NCc3ncc(C)o3)C2)n1. The first kappa shape index (κ1) is 17.0. The fourth-order valence-electron chi connectivity index (χ4n) is 3.05. The van der Waals surface area contributed by atoms with Crippen molar-refractivity contribution in [1.82, 2.24) is 15.3 Å². The van der Waals surface area contributed by atoms with E-state index in [1.807, 2.05) is 24.8 Å². The third-order valence-electron chi connectivity index (χ3n) is 4.31. The Bertz CT molecular complexity index is 808. The first-order valence-corrected chi connectivity index (χ1v) is 8.38. The predicted molar refractivity (Wildman–Crippen MR) is 91.7 cm³/mol. The quantitative estimate of drug-likeness (QED) is 0.916. The number of amides is 1. The molecule has 7 heteroatoms. The van der Waals surface area contributed by atoms with Crippen molar-refractivity contribution in [3.8, 4) is 6.07 Å². The molecule has 0 bridgehead atoms. The molecule has 2 aromatic rings. The lowest BCUT2D eigenvalue weighted by atomic mass is 9.96. The number of anilines is 1. The zero-order valence-corrected chi connectivity index (χ0v) is 14.5. The highest BCUT2D eigenvalue weighted by molar-refractivity contribution is 5.79. The van der Waals surface area contributed by atoms with Crippen molar-refractivity contribution in [1.29, 1.82) is 5.26 Å². The molecule has 0 unspecified atom stereocenters. The van der Waals surface area contributed by atoms with E-state index in [0.717, 1.165) is 30.8 Å². The fraction of sp³-hybridized carbons (Fsp3) is 0.444. The first-order chi connectivity index (χ1) is 12.1. The second-order valence-electron chi connectivity index (χ2n) is 6.30. The number of carbonyl (C=O) groups excluding carboxylic acids is 1. The number of nitrogens with one attached hydrogen (secondary N) is 1. The Morgan fingerprint density at radius 1 is 1.48 bits per heavy atom. The minimum Gasteiger partial charge on any atom is -0.444 e. The van der Waals surface area contributed by atoms with Crippen molar-refractivity contribution in [3.05, 3.63) is 41.2 Å². The molecule has 130 valence electrons. The number of aromatic nitrogens is 2. The van der Waals surface area contributed by atoms with Crippen LogP contribution in [0.4, 0.5) is 5.82 Å². The zero-order valence-electron chi connectivity index (χ0n) is 14.5. The molecule has 1 aliphatic rings. The van der Waals surface area contributed by atoms with Gasteiger partial charge in [-0.2, -0.15) is 5.26 Å². The Kier molecular flexibility index (Phi) is 4.98. The van der Waals surface area contributed by atoms with Crippen LogP contribution in [0.5, 0.6) is 0 Å². The fourth-order valence-corrected chi connectivity index (χ4v) is 3.05. The number of rotatable bonds is 4. The number of aryl methyl sites for hydroxylation is 2. The number of nitriles is 1. The number of nitrogens with zero attached hydrogens (tertiary/aromatic N) is 4. The summed E-state index contributed by atoms with van der Waals surface area (Å²) in [5.74, 6) is 1.74. The summed E-state index contributed by atoms with van der Waals surface area (Å²) in [5, 5.41) is 12.2. The molecule has 0 aromatic carbocycles. The van der Waals surface area contributed by atoms with E-state index in [0.29, 0.717) is 23.8 Å². The van der Waals surface area contributed by atoms with Gasteiger partial charge in [-0.3, -0.25) is 4.79 Å². The third kappa shape index (κ3) is 3.97. The van der Waals surface area contributed by atoms with E-state index in [1.54, 1.807) is 12.3 Å². The van der Waals surface area contributed by atoms with Crippen molar-refractivity contribution < 1.29 is 9.21 Å². The lowest BCUT2D eigenvalue weighted by molar-refractivity contribution is -0.125. The van der Waals surface area contributed by atoms with E-state index in [1.165, 1.54) is 0 Å². The Hall–Kier alpha value is -2.88. The van der Waals surface area contributed by atoms with Crippen LogP contribution in [0.2, 0.25) is 0 Å². The van der Waals surface area contributed by atoms with E-state index < -0.39 is 0 Å². The maximum absolute atomic E-state index is 12.5. The number of oxazole rings is 1. The molecule has 1 N–H and O–H groups in total. The van der Waals surface area contributed by atoms with Crippen LogP contribution in [-0.4, -0.2) is 29.0 Å². The highest BCUT2D eigenvalue weighted by atomic mass is 16.4. The van der Waals surface area contributed by atoms with E-state index >= 15 is 0 Å². The summed E-state index contributed by atoms with van der Waals surface area (Å²) in [6.45, 7) is 5.36. The van der Waals surface area contributed by atoms with Gasteiger partial charge < -0.3 is 14.6 Å². The minimum absolute atomic E-state index is 0.0216. The highest BCUT2D eigenvalue weighted by Gasteiger charge is 2.27. The van der Waals surface area contributed by atoms with Crippen LogP contribution in [-0.2, 0) is 11.3 Å². The molecule has 1 aliphatic heterocycles. The van der Waals surface area contributed by atoms with Gasteiger partial charge in [-0.25, -0.2) is 9.97 Å². The molecule has 1 fully saturated rings. The van der Waals surface area contributed by atoms with Gasteiger partial charge >= 0.3 is 0 Å². The van der Waals surface area contributed by atoms with Crippen LogP contribution in [0.1, 0.15) is 35.7 Å². The van der Waals surface area contributed by atoms with Crippen LogP contribution in [0.25, 0.3) is 0 Å². The van der Waals surface area contributed by atoms with Crippen LogP contribution >= 0.6 is 0 Å². The second-order valence-corrected chi connectivity index (χ2v) is 6.30. The van der Waals surface area contributed by atoms with E-state index in [4.69, 9.17) is 4.42 Å². The summed E-state index contributed by atoms with van der Waals surface area (Å²) in [7, 11) is 0. The molecular weight excluding hydrogens is 318 g/mol. The third-order valence-corrected chi connectivity index (χ3v) is 4.31. The van der Waals surface area contributed by atoms with Gasteiger partial charge in [0.05, 0.1) is 24.2 Å². The first-order valence-electron chi connectivity index (χ1n) is 8.38. The van der Waals surface area contributed by atoms with Crippen molar-refractivity contribution in [2.45, 2.75) is 33.2 Å². The average Bonchev–Trinajstić information content (AvgIpc) is 3.05. The summed E-state index contributed by atoms with van der Waals surface area (Å²) in [6, 6.07) is 5.80. The van der Waals surface area contributed by atoms with Gasteiger partial charge in [0.2, 0.25) is 11.8 Å². The Morgan fingerprint density at radius 2 is 2.32 bits per heavy atom. The molecule has 0 saturated carbocycles. The van der Waals surface area contributed by atoms with Gasteiger partial charge in [-0.05, 0) is 38.8 Å². The normalized spacial score (nSPS) is 17.2. The molecule has 3 heterocycles. The maximum Gasteiger partial charge on any atom is 0.225 e. The van der Waals surface area contributed by atoms with Gasteiger partial charge in [-0.15, -0.1) is 0 Å². The predicted octanol–water partition coefficient (Wildman–Crippen LogP) is 2.09. The van der Waals surface area contributed by atoms with Crippen molar-refractivity contribution in [3.63, 3.8) is 0 Å². The lowest BCUT2D eigenvalue weighted by Crippen LogP contribution is -2.43. The number of carbonyl (C=O) groups is 1. The monoisotopic (exact) mass is 339 g/mol. The van der Waals surface area contributed by atoms with E-state index in [2.05, 4.69) is 21.4 Å². The van der Waals surface area contributed by atoms with Gasteiger partial charge in [0.25, 0.3) is 0 Å². The lowest BCUT2D eigenvalue weighted by Gasteiger charge is -2.33. The smallest absolute Gasteiger partial charge is 0.225 e. The van der Waals surface area contributed by atoms with Crippen LogP contribution in [0.15, 0.2) is 22.7 Å². The van der Waals surface area contributed by atoms with Crippen molar-refractivity contribution >= 4 is 11.7 Å². The number of hydrogen-bond acceptors (Lipinski definition) is 6. The van der Waals surface area contributed by atoms with Gasteiger partial charge in [-0.1, -0.05) is 0 Å². The molecule has 0 aliphatic carbocycles. The second kappa shape index (κ2) is 7.34. The molecule has 2 aromatic heterocycles. The molecule has 1 saturated heterocycles. The molecular formula is C18H21N5O2.